The summed E-state index contributed by atoms with van der Waals surface area (Å²) >= 11 is 0. The molecule has 0 spiro atoms. The van der Waals surface area contributed by atoms with E-state index in [2.05, 4.69) is 17.6 Å². The Balaban J connectivity index is 1.96. The first-order valence-electron chi connectivity index (χ1n) is 8.54. The molecule has 1 amide bonds. The highest BCUT2D eigenvalue weighted by molar-refractivity contribution is 5.91. The van der Waals surface area contributed by atoms with Crippen LogP contribution in [-0.4, -0.2) is 33.8 Å². The summed E-state index contributed by atoms with van der Waals surface area (Å²) in [5.74, 6) is 1.63. The topological polar surface area (TPSA) is 68.8 Å². The van der Waals surface area contributed by atoms with Crippen LogP contribution in [0.5, 0.6) is 17.2 Å². The predicted octanol–water partition coefficient (Wildman–Crippen LogP) is 3.72. The number of para-hydroxylation sites is 1. The van der Waals surface area contributed by atoms with Gasteiger partial charge < -0.3 is 24.8 Å². The summed E-state index contributed by atoms with van der Waals surface area (Å²) in [6, 6.07) is 11.5. The highest BCUT2D eigenvalue weighted by atomic mass is 16.5. The number of carbonyl (C=O) groups excluding carboxylic acids is 1. The number of amides is 1. The molecule has 140 valence electrons. The van der Waals surface area contributed by atoms with Crippen molar-refractivity contribution in [3.63, 3.8) is 0 Å². The van der Waals surface area contributed by atoms with E-state index in [0.717, 1.165) is 23.4 Å². The molecule has 0 aliphatic heterocycles. The van der Waals surface area contributed by atoms with Crippen LogP contribution in [-0.2, 0) is 11.2 Å². The maximum Gasteiger partial charge on any atom is 0.226 e. The highest BCUT2D eigenvalue weighted by Gasteiger charge is 2.13. The van der Waals surface area contributed by atoms with Crippen LogP contribution in [0.4, 0.5) is 11.4 Å². The van der Waals surface area contributed by atoms with Crippen LogP contribution in [0.25, 0.3) is 0 Å². The van der Waals surface area contributed by atoms with Crippen LogP contribution < -0.4 is 24.8 Å². The number of rotatable bonds is 9. The molecule has 0 fully saturated rings. The van der Waals surface area contributed by atoms with Crippen molar-refractivity contribution in [1.82, 2.24) is 0 Å². The minimum absolute atomic E-state index is 0.0363. The molecule has 2 rings (SSSR count). The monoisotopic (exact) mass is 358 g/mol. The van der Waals surface area contributed by atoms with Gasteiger partial charge in [0.15, 0.2) is 11.5 Å². The number of aryl methyl sites for hydroxylation is 1. The number of carbonyl (C=O) groups is 1. The summed E-state index contributed by atoms with van der Waals surface area (Å²) in [6.07, 6.45) is 1.22. The molecule has 2 N–H and O–H groups in total. The van der Waals surface area contributed by atoms with Gasteiger partial charge in [-0.2, -0.15) is 0 Å². The van der Waals surface area contributed by atoms with Crippen molar-refractivity contribution in [3.05, 3.63) is 42.0 Å². The molecule has 0 atom stereocenters. The number of hydrogen-bond acceptors (Lipinski definition) is 5. The minimum atomic E-state index is -0.0363. The molecular weight excluding hydrogens is 332 g/mol. The third-order valence-corrected chi connectivity index (χ3v) is 4.02. The smallest absolute Gasteiger partial charge is 0.226 e. The number of hydrogen-bond donors (Lipinski definition) is 2. The van der Waals surface area contributed by atoms with Gasteiger partial charge in [-0.1, -0.05) is 25.1 Å². The lowest BCUT2D eigenvalue weighted by molar-refractivity contribution is -0.115. The van der Waals surface area contributed by atoms with E-state index in [1.54, 1.807) is 21.3 Å². The van der Waals surface area contributed by atoms with E-state index in [1.165, 1.54) is 0 Å². The van der Waals surface area contributed by atoms with Gasteiger partial charge in [0.05, 0.1) is 21.3 Å². The second kappa shape index (κ2) is 9.56. The Labute approximate surface area is 154 Å². The summed E-state index contributed by atoms with van der Waals surface area (Å²) < 4.78 is 16.0. The number of anilines is 2. The number of ether oxygens (including phenoxy) is 3. The molecule has 0 aromatic heterocycles. The molecule has 0 aliphatic rings. The molecule has 26 heavy (non-hydrogen) atoms. The standard InChI is InChI=1S/C20H26N2O4/c1-5-14-8-6-7-9-16(14)22-19(23)10-11-21-15-12-17(24-2)20(26-4)18(13-15)25-3/h6-9,12-13,21H,5,10-11H2,1-4H3,(H,22,23). The number of methoxy groups -OCH3 is 3. The first-order valence-corrected chi connectivity index (χ1v) is 8.54. The average Bonchev–Trinajstić information content (AvgIpc) is 2.67. The van der Waals surface area contributed by atoms with E-state index in [4.69, 9.17) is 14.2 Å². The zero-order valence-corrected chi connectivity index (χ0v) is 15.7. The summed E-state index contributed by atoms with van der Waals surface area (Å²) in [5, 5.41) is 6.18. The van der Waals surface area contributed by atoms with Gasteiger partial charge in [0, 0.05) is 36.5 Å². The molecule has 2 aromatic rings. The molecule has 2 aromatic carbocycles. The zero-order valence-electron chi connectivity index (χ0n) is 15.7. The van der Waals surface area contributed by atoms with Gasteiger partial charge >= 0.3 is 0 Å². The van der Waals surface area contributed by atoms with E-state index in [1.807, 2.05) is 36.4 Å². The fourth-order valence-electron chi connectivity index (χ4n) is 2.67. The molecule has 0 heterocycles. The maximum atomic E-state index is 12.2. The maximum absolute atomic E-state index is 12.2. The van der Waals surface area contributed by atoms with Crippen LogP contribution in [0, 0.1) is 0 Å². The normalized spacial score (nSPS) is 10.2. The Kier molecular flexibility index (Phi) is 7.14. The van der Waals surface area contributed by atoms with Crippen LogP contribution >= 0.6 is 0 Å². The lowest BCUT2D eigenvalue weighted by Gasteiger charge is -2.15. The Morgan fingerprint density at radius 3 is 2.23 bits per heavy atom. The van der Waals surface area contributed by atoms with Gasteiger partial charge in [-0.25, -0.2) is 0 Å². The van der Waals surface area contributed by atoms with Crippen molar-refractivity contribution in [2.45, 2.75) is 19.8 Å². The van der Waals surface area contributed by atoms with Crippen molar-refractivity contribution in [1.29, 1.82) is 0 Å². The summed E-state index contributed by atoms with van der Waals surface area (Å²) in [5.41, 5.74) is 2.78. The number of benzene rings is 2. The molecule has 0 saturated carbocycles. The molecule has 0 bridgehead atoms. The molecule has 0 radical (unpaired) electrons. The Bertz CT molecular complexity index is 721. The Morgan fingerprint density at radius 1 is 1.00 bits per heavy atom. The second-order valence-corrected chi connectivity index (χ2v) is 5.65. The van der Waals surface area contributed by atoms with Crippen molar-refractivity contribution in [2.75, 3.05) is 38.5 Å². The second-order valence-electron chi connectivity index (χ2n) is 5.65. The molecule has 0 unspecified atom stereocenters. The summed E-state index contributed by atoms with van der Waals surface area (Å²) in [6.45, 7) is 2.55. The van der Waals surface area contributed by atoms with Gasteiger partial charge in [-0.05, 0) is 18.1 Å². The van der Waals surface area contributed by atoms with Crippen molar-refractivity contribution >= 4 is 17.3 Å². The van der Waals surface area contributed by atoms with E-state index in [0.29, 0.717) is 30.2 Å². The molecule has 6 heteroatoms. The van der Waals surface area contributed by atoms with Crippen molar-refractivity contribution in [3.8, 4) is 17.2 Å². The quantitative estimate of drug-likeness (QED) is 0.715. The molecular formula is C20H26N2O4. The van der Waals surface area contributed by atoms with Gasteiger partial charge in [0.2, 0.25) is 11.7 Å². The van der Waals surface area contributed by atoms with Crippen LogP contribution in [0.1, 0.15) is 18.9 Å². The first kappa shape index (κ1) is 19.4. The lowest BCUT2D eigenvalue weighted by atomic mass is 10.1. The predicted molar refractivity (Wildman–Crippen MR) is 104 cm³/mol. The lowest BCUT2D eigenvalue weighted by Crippen LogP contribution is -2.17. The third kappa shape index (κ3) is 4.81. The van der Waals surface area contributed by atoms with Crippen molar-refractivity contribution in [2.24, 2.45) is 0 Å². The SMILES string of the molecule is CCc1ccccc1NC(=O)CCNc1cc(OC)c(OC)c(OC)c1. The third-order valence-electron chi connectivity index (χ3n) is 4.02. The highest BCUT2D eigenvalue weighted by Crippen LogP contribution is 2.39. The van der Waals surface area contributed by atoms with Gasteiger partial charge in [0.25, 0.3) is 0 Å². The first-order chi connectivity index (χ1) is 12.6. The van der Waals surface area contributed by atoms with E-state index < -0.39 is 0 Å². The fraction of sp³-hybridized carbons (Fsp3) is 0.350. The molecule has 0 saturated heterocycles. The summed E-state index contributed by atoms with van der Waals surface area (Å²) in [7, 11) is 4.70. The van der Waals surface area contributed by atoms with Gasteiger partial charge in [-0.15, -0.1) is 0 Å². The number of nitrogens with one attached hydrogen (secondary N) is 2. The minimum Gasteiger partial charge on any atom is -0.493 e. The Morgan fingerprint density at radius 2 is 1.65 bits per heavy atom. The van der Waals surface area contributed by atoms with Crippen LogP contribution in [0.3, 0.4) is 0 Å². The fourth-order valence-corrected chi connectivity index (χ4v) is 2.67. The van der Waals surface area contributed by atoms with E-state index >= 15 is 0 Å². The van der Waals surface area contributed by atoms with Crippen LogP contribution in [0.2, 0.25) is 0 Å². The van der Waals surface area contributed by atoms with Gasteiger partial charge in [0.1, 0.15) is 0 Å². The van der Waals surface area contributed by atoms with E-state index in [-0.39, 0.29) is 5.91 Å². The molecule has 0 aliphatic carbocycles. The van der Waals surface area contributed by atoms with Crippen LogP contribution in [0.15, 0.2) is 36.4 Å². The largest absolute Gasteiger partial charge is 0.493 e. The molecule has 6 nitrogen and oxygen atoms in total. The average molecular weight is 358 g/mol. The van der Waals surface area contributed by atoms with Crippen molar-refractivity contribution < 1.29 is 19.0 Å². The van der Waals surface area contributed by atoms with E-state index in [9.17, 15) is 4.79 Å². The summed E-state index contributed by atoms with van der Waals surface area (Å²) in [4.78, 5) is 12.2. The zero-order chi connectivity index (χ0) is 18.9. The Hall–Kier alpha value is -2.89. The van der Waals surface area contributed by atoms with Gasteiger partial charge in [-0.3, -0.25) is 4.79 Å².